The van der Waals surface area contributed by atoms with Crippen molar-refractivity contribution in [1.29, 1.82) is 0 Å². The van der Waals surface area contributed by atoms with Crippen LogP contribution in [-0.4, -0.2) is 22.1 Å². The van der Waals surface area contributed by atoms with Gasteiger partial charge in [0.1, 0.15) is 11.4 Å². The summed E-state index contributed by atoms with van der Waals surface area (Å²) in [6.07, 6.45) is -4.78. The molecule has 0 aliphatic carbocycles. The van der Waals surface area contributed by atoms with Crippen LogP contribution in [0.5, 0.6) is 5.75 Å². The molecular weight excluding hydrogens is 323 g/mol. The first-order valence-corrected chi connectivity index (χ1v) is 7.33. The Bertz CT molecular complexity index is 724. The van der Waals surface area contributed by atoms with Crippen molar-refractivity contribution in [2.45, 2.75) is 32.7 Å². The van der Waals surface area contributed by atoms with Gasteiger partial charge in [0.15, 0.2) is 0 Å². The summed E-state index contributed by atoms with van der Waals surface area (Å²) in [5.74, 6) is -0.587. The summed E-state index contributed by atoms with van der Waals surface area (Å²) in [4.78, 5) is 12.2. The topological polar surface area (TPSA) is 56.1 Å². The Morgan fingerprint density at radius 3 is 2.58 bits per heavy atom. The van der Waals surface area contributed by atoms with Gasteiger partial charge in [-0.25, -0.2) is 0 Å². The molecule has 1 aromatic heterocycles. The van der Waals surface area contributed by atoms with Crippen LogP contribution in [0.15, 0.2) is 30.3 Å². The molecule has 0 saturated carbocycles. The lowest BCUT2D eigenvalue weighted by molar-refractivity contribution is -0.274. The lowest BCUT2D eigenvalue weighted by Gasteiger charge is -2.13. The normalized spacial score (nSPS) is 11.6. The fourth-order valence-electron chi connectivity index (χ4n) is 2.12. The van der Waals surface area contributed by atoms with Gasteiger partial charge < -0.3 is 10.1 Å². The second-order valence-corrected chi connectivity index (χ2v) is 5.57. The van der Waals surface area contributed by atoms with Crippen molar-refractivity contribution in [3.63, 3.8) is 0 Å². The molecule has 0 unspecified atom stereocenters. The number of benzene rings is 1. The number of hydrogen-bond acceptors (Lipinski definition) is 3. The number of rotatable bonds is 5. The summed E-state index contributed by atoms with van der Waals surface area (Å²) >= 11 is 0. The van der Waals surface area contributed by atoms with Crippen molar-refractivity contribution in [3.05, 3.63) is 47.3 Å². The Morgan fingerprint density at radius 1 is 1.33 bits per heavy atom. The third-order valence-electron chi connectivity index (χ3n) is 3.36. The zero-order valence-electron chi connectivity index (χ0n) is 13.5. The Balaban J connectivity index is 2.10. The first-order valence-electron chi connectivity index (χ1n) is 7.33. The molecule has 0 aliphatic rings. The van der Waals surface area contributed by atoms with E-state index in [1.54, 1.807) is 19.2 Å². The largest absolute Gasteiger partial charge is 0.573 e. The maximum absolute atomic E-state index is 12.4. The highest BCUT2D eigenvalue weighted by Crippen LogP contribution is 2.26. The Morgan fingerprint density at radius 2 is 2.00 bits per heavy atom. The molecule has 8 heteroatoms. The molecule has 0 spiro atoms. The van der Waals surface area contributed by atoms with Crippen molar-refractivity contribution < 1.29 is 22.7 Å². The molecule has 24 heavy (non-hydrogen) atoms. The molecule has 0 bridgehead atoms. The smallest absolute Gasteiger partial charge is 0.405 e. The van der Waals surface area contributed by atoms with E-state index < -0.39 is 12.3 Å². The molecule has 0 saturated heterocycles. The molecule has 1 heterocycles. The first kappa shape index (κ1) is 17.8. The molecule has 0 aliphatic heterocycles. The van der Waals surface area contributed by atoms with Gasteiger partial charge in [-0.2, -0.15) is 5.10 Å². The van der Waals surface area contributed by atoms with Gasteiger partial charge in [0.2, 0.25) is 0 Å². The van der Waals surface area contributed by atoms with Crippen molar-refractivity contribution in [1.82, 2.24) is 15.1 Å². The number of aryl methyl sites for hydroxylation is 1. The van der Waals surface area contributed by atoms with Crippen LogP contribution in [0.25, 0.3) is 0 Å². The van der Waals surface area contributed by atoms with Crippen LogP contribution >= 0.6 is 0 Å². The second kappa shape index (κ2) is 6.94. The molecule has 1 N–H and O–H groups in total. The van der Waals surface area contributed by atoms with Crippen LogP contribution in [0, 0.1) is 0 Å². The van der Waals surface area contributed by atoms with Crippen molar-refractivity contribution in [3.8, 4) is 5.75 Å². The molecule has 1 aromatic carbocycles. The summed E-state index contributed by atoms with van der Waals surface area (Å²) in [5.41, 5.74) is 1.34. The maximum atomic E-state index is 12.4. The number of aromatic nitrogens is 2. The van der Waals surface area contributed by atoms with E-state index in [0.29, 0.717) is 5.69 Å². The fourth-order valence-corrected chi connectivity index (χ4v) is 2.12. The Hall–Kier alpha value is -2.51. The molecule has 0 atom stereocenters. The molecule has 130 valence electrons. The van der Waals surface area contributed by atoms with Gasteiger partial charge in [-0.3, -0.25) is 9.48 Å². The van der Waals surface area contributed by atoms with Gasteiger partial charge in [0.05, 0.1) is 5.69 Å². The Kier molecular flexibility index (Phi) is 5.16. The number of carbonyl (C=O) groups excluding carboxylic acids is 1. The van der Waals surface area contributed by atoms with E-state index in [-0.39, 0.29) is 23.8 Å². The average molecular weight is 341 g/mol. The van der Waals surface area contributed by atoms with Crippen molar-refractivity contribution in [2.24, 2.45) is 7.05 Å². The number of hydrogen-bond donors (Lipinski definition) is 1. The SMILES string of the molecule is CC(C)c1cc(C(=O)NCc2ccccc2OC(F)(F)F)n(C)n1. The van der Waals surface area contributed by atoms with Crippen LogP contribution in [0.3, 0.4) is 0 Å². The minimum absolute atomic E-state index is 0.0900. The summed E-state index contributed by atoms with van der Waals surface area (Å²) in [7, 11) is 1.64. The van der Waals surface area contributed by atoms with Crippen LogP contribution in [0.1, 0.15) is 41.5 Å². The molecule has 2 rings (SSSR count). The van der Waals surface area contributed by atoms with E-state index in [9.17, 15) is 18.0 Å². The maximum Gasteiger partial charge on any atom is 0.573 e. The monoisotopic (exact) mass is 341 g/mol. The van der Waals surface area contributed by atoms with E-state index in [1.807, 2.05) is 13.8 Å². The summed E-state index contributed by atoms with van der Waals surface area (Å²) in [6.45, 7) is 3.82. The quantitative estimate of drug-likeness (QED) is 0.907. The number of carbonyl (C=O) groups is 1. The van der Waals surface area contributed by atoms with Gasteiger partial charge >= 0.3 is 6.36 Å². The summed E-state index contributed by atoms with van der Waals surface area (Å²) in [6, 6.07) is 7.34. The van der Waals surface area contributed by atoms with E-state index in [4.69, 9.17) is 0 Å². The highest BCUT2D eigenvalue weighted by atomic mass is 19.4. The Labute approximate surface area is 137 Å². The number of nitrogens with one attached hydrogen (secondary N) is 1. The summed E-state index contributed by atoms with van der Waals surface area (Å²) < 4.78 is 42.6. The average Bonchev–Trinajstić information content (AvgIpc) is 2.87. The molecule has 1 amide bonds. The second-order valence-electron chi connectivity index (χ2n) is 5.57. The van der Waals surface area contributed by atoms with Crippen LogP contribution in [0.4, 0.5) is 13.2 Å². The standard InChI is InChI=1S/C16H18F3N3O2/c1-10(2)12-8-13(22(3)21-12)15(23)20-9-11-6-4-5-7-14(11)24-16(17,18)19/h4-8,10H,9H2,1-3H3,(H,20,23). The number of alkyl halides is 3. The minimum Gasteiger partial charge on any atom is -0.405 e. The molecule has 0 fully saturated rings. The summed E-state index contributed by atoms with van der Waals surface area (Å²) in [5, 5.41) is 6.82. The van der Waals surface area contributed by atoms with Crippen molar-refractivity contribution in [2.75, 3.05) is 0 Å². The first-order chi connectivity index (χ1) is 11.2. The number of amides is 1. The van der Waals surface area contributed by atoms with Crippen LogP contribution in [-0.2, 0) is 13.6 Å². The molecule has 0 radical (unpaired) electrons. The van der Waals surface area contributed by atoms with Crippen LogP contribution in [0.2, 0.25) is 0 Å². The lowest BCUT2D eigenvalue weighted by atomic mass is 10.1. The number of halogens is 3. The lowest BCUT2D eigenvalue weighted by Crippen LogP contribution is -2.26. The predicted octanol–water partition coefficient (Wildman–Crippen LogP) is 3.37. The van der Waals surface area contributed by atoms with Gasteiger partial charge in [-0.15, -0.1) is 13.2 Å². The zero-order valence-corrected chi connectivity index (χ0v) is 13.5. The number of para-hydroxylation sites is 1. The van der Waals surface area contributed by atoms with E-state index in [0.717, 1.165) is 5.69 Å². The highest BCUT2D eigenvalue weighted by molar-refractivity contribution is 5.92. The van der Waals surface area contributed by atoms with E-state index in [1.165, 1.54) is 22.9 Å². The zero-order chi connectivity index (χ0) is 17.9. The highest BCUT2D eigenvalue weighted by Gasteiger charge is 2.32. The fraction of sp³-hybridized carbons (Fsp3) is 0.375. The van der Waals surface area contributed by atoms with E-state index in [2.05, 4.69) is 15.2 Å². The molecule has 5 nitrogen and oxygen atoms in total. The number of nitrogens with zero attached hydrogens (tertiary/aromatic N) is 2. The van der Waals surface area contributed by atoms with Gasteiger partial charge in [-0.05, 0) is 18.1 Å². The van der Waals surface area contributed by atoms with Gasteiger partial charge in [0, 0.05) is 19.2 Å². The van der Waals surface area contributed by atoms with Gasteiger partial charge in [0.25, 0.3) is 5.91 Å². The van der Waals surface area contributed by atoms with Crippen molar-refractivity contribution >= 4 is 5.91 Å². The van der Waals surface area contributed by atoms with Gasteiger partial charge in [-0.1, -0.05) is 32.0 Å². The number of ether oxygens (including phenoxy) is 1. The minimum atomic E-state index is -4.78. The predicted molar refractivity (Wildman–Crippen MR) is 81.6 cm³/mol. The third kappa shape index (κ3) is 4.50. The molecular formula is C16H18F3N3O2. The third-order valence-corrected chi connectivity index (χ3v) is 3.36. The van der Waals surface area contributed by atoms with Crippen LogP contribution < -0.4 is 10.1 Å². The van der Waals surface area contributed by atoms with E-state index >= 15 is 0 Å². The molecule has 2 aromatic rings.